The Labute approximate surface area is 114 Å². The summed E-state index contributed by atoms with van der Waals surface area (Å²) in [5.74, 6) is 0.771. The van der Waals surface area contributed by atoms with E-state index < -0.39 is 5.60 Å². The molecule has 0 aromatic rings. The monoisotopic (exact) mass is 269 g/mol. The molecule has 1 saturated heterocycles. The molecule has 1 saturated carbocycles. The average molecular weight is 269 g/mol. The third kappa shape index (κ3) is 3.11. The minimum absolute atomic E-state index is 0.0665. The quantitative estimate of drug-likeness (QED) is 0.776. The van der Waals surface area contributed by atoms with Crippen LogP contribution in [0.5, 0.6) is 0 Å². The first-order chi connectivity index (χ1) is 8.69. The molecular formula is C13H23N3O3. The molecule has 3 atom stereocenters. The predicted molar refractivity (Wildman–Crippen MR) is 70.8 cm³/mol. The van der Waals surface area contributed by atoms with Crippen molar-refractivity contribution < 1.29 is 14.3 Å². The zero-order valence-electron chi connectivity index (χ0n) is 12.3. The van der Waals surface area contributed by atoms with E-state index >= 15 is 0 Å². The highest BCUT2D eigenvalue weighted by molar-refractivity contribution is 5.75. The van der Waals surface area contributed by atoms with Gasteiger partial charge in [-0.05, 0) is 20.8 Å². The van der Waals surface area contributed by atoms with Gasteiger partial charge in [0.1, 0.15) is 5.60 Å². The Kier molecular flexibility index (Phi) is 3.36. The fourth-order valence-corrected chi connectivity index (χ4v) is 2.49. The van der Waals surface area contributed by atoms with E-state index in [1.54, 1.807) is 19.0 Å². The molecule has 0 bridgehead atoms. The minimum Gasteiger partial charge on any atom is -0.444 e. The lowest BCUT2D eigenvalue weighted by Gasteiger charge is -2.26. The van der Waals surface area contributed by atoms with Crippen LogP contribution in [0, 0.1) is 11.8 Å². The fourth-order valence-electron chi connectivity index (χ4n) is 2.49. The lowest BCUT2D eigenvalue weighted by molar-refractivity contribution is 0.0270. The van der Waals surface area contributed by atoms with Gasteiger partial charge in [-0.15, -0.1) is 0 Å². The second kappa shape index (κ2) is 4.58. The van der Waals surface area contributed by atoms with Crippen molar-refractivity contribution in [3.8, 4) is 0 Å². The molecule has 1 aliphatic carbocycles. The lowest BCUT2D eigenvalue weighted by atomic mass is 10.2. The molecule has 0 aromatic heterocycles. The Hall–Kier alpha value is -1.46. The summed E-state index contributed by atoms with van der Waals surface area (Å²) in [5, 5.41) is 2.97. The maximum absolute atomic E-state index is 11.9. The van der Waals surface area contributed by atoms with E-state index in [4.69, 9.17) is 4.74 Å². The number of carbonyl (C=O) groups is 2. The Balaban J connectivity index is 1.78. The highest BCUT2D eigenvalue weighted by atomic mass is 16.6. The number of hydrogen-bond acceptors (Lipinski definition) is 3. The maximum Gasteiger partial charge on any atom is 0.410 e. The van der Waals surface area contributed by atoms with Gasteiger partial charge in [0.25, 0.3) is 0 Å². The molecule has 6 nitrogen and oxygen atoms in total. The van der Waals surface area contributed by atoms with Gasteiger partial charge in [0, 0.05) is 45.1 Å². The Morgan fingerprint density at radius 1 is 1.21 bits per heavy atom. The summed E-state index contributed by atoms with van der Waals surface area (Å²) in [6.45, 7) is 6.95. The number of amides is 3. The number of fused-ring (bicyclic) bond motifs is 1. The molecule has 1 N–H and O–H groups in total. The summed E-state index contributed by atoms with van der Waals surface area (Å²) in [5.41, 5.74) is -0.456. The third-order valence-corrected chi connectivity index (χ3v) is 3.54. The summed E-state index contributed by atoms with van der Waals surface area (Å²) in [6, 6.07) is 0.150. The van der Waals surface area contributed by atoms with Gasteiger partial charge in [-0.3, -0.25) is 0 Å². The molecule has 1 aliphatic heterocycles. The van der Waals surface area contributed by atoms with Crippen molar-refractivity contribution >= 4 is 12.1 Å². The largest absolute Gasteiger partial charge is 0.444 e. The SMILES string of the molecule is CN(C)C(=O)NC1[C@H]2CN(C(=O)OC(C)(C)C)C[C@@H]12. The van der Waals surface area contributed by atoms with Gasteiger partial charge in [-0.2, -0.15) is 0 Å². The Morgan fingerprint density at radius 2 is 1.74 bits per heavy atom. The van der Waals surface area contributed by atoms with Gasteiger partial charge < -0.3 is 19.9 Å². The first kappa shape index (κ1) is 14.0. The van der Waals surface area contributed by atoms with Crippen LogP contribution in [-0.2, 0) is 4.74 Å². The molecule has 19 heavy (non-hydrogen) atoms. The number of rotatable bonds is 1. The van der Waals surface area contributed by atoms with Crippen LogP contribution >= 0.6 is 0 Å². The van der Waals surface area contributed by atoms with Crippen molar-refractivity contribution in [1.29, 1.82) is 0 Å². The van der Waals surface area contributed by atoms with Crippen molar-refractivity contribution in [3.63, 3.8) is 0 Å². The number of piperidine rings is 1. The molecule has 2 aliphatic rings. The number of nitrogens with zero attached hydrogens (tertiary/aromatic N) is 2. The van der Waals surface area contributed by atoms with E-state index in [-0.39, 0.29) is 18.2 Å². The molecule has 3 amide bonds. The molecule has 1 unspecified atom stereocenters. The first-order valence-electron chi connectivity index (χ1n) is 6.65. The number of nitrogens with one attached hydrogen (secondary N) is 1. The second-order valence-electron chi connectivity index (χ2n) is 6.58. The van der Waals surface area contributed by atoms with Gasteiger partial charge >= 0.3 is 12.1 Å². The molecular weight excluding hydrogens is 246 g/mol. The topological polar surface area (TPSA) is 61.9 Å². The van der Waals surface area contributed by atoms with E-state index in [1.807, 2.05) is 20.8 Å². The Morgan fingerprint density at radius 3 is 2.16 bits per heavy atom. The van der Waals surface area contributed by atoms with Crippen LogP contribution in [0.1, 0.15) is 20.8 Å². The van der Waals surface area contributed by atoms with Crippen LogP contribution in [0.25, 0.3) is 0 Å². The van der Waals surface area contributed by atoms with Gasteiger partial charge in [0.2, 0.25) is 0 Å². The average Bonchev–Trinajstić information content (AvgIpc) is 2.72. The number of carbonyl (C=O) groups excluding carboxylic acids is 2. The van der Waals surface area contributed by atoms with Crippen LogP contribution in [0.2, 0.25) is 0 Å². The van der Waals surface area contributed by atoms with Crippen LogP contribution in [-0.4, -0.2) is 60.8 Å². The van der Waals surface area contributed by atoms with Crippen LogP contribution < -0.4 is 5.32 Å². The van der Waals surface area contributed by atoms with Crippen molar-refractivity contribution in [2.75, 3.05) is 27.2 Å². The van der Waals surface area contributed by atoms with Crippen molar-refractivity contribution in [1.82, 2.24) is 15.1 Å². The number of hydrogen-bond donors (Lipinski definition) is 1. The van der Waals surface area contributed by atoms with Gasteiger partial charge in [0.05, 0.1) is 0 Å². The highest BCUT2D eigenvalue weighted by Crippen LogP contribution is 2.45. The van der Waals surface area contributed by atoms with Crippen molar-refractivity contribution in [3.05, 3.63) is 0 Å². The summed E-state index contributed by atoms with van der Waals surface area (Å²) < 4.78 is 5.34. The second-order valence-corrected chi connectivity index (χ2v) is 6.58. The number of likely N-dealkylation sites (tertiary alicyclic amines) is 1. The van der Waals surface area contributed by atoms with E-state index in [0.29, 0.717) is 24.9 Å². The smallest absolute Gasteiger partial charge is 0.410 e. The predicted octanol–water partition coefficient (Wildman–Crippen LogP) is 1.12. The van der Waals surface area contributed by atoms with E-state index in [0.717, 1.165) is 0 Å². The third-order valence-electron chi connectivity index (χ3n) is 3.54. The first-order valence-corrected chi connectivity index (χ1v) is 6.65. The Bertz CT molecular complexity index is 377. The maximum atomic E-state index is 11.9. The van der Waals surface area contributed by atoms with Crippen molar-refractivity contribution in [2.45, 2.75) is 32.4 Å². The van der Waals surface area contributed by atoms with Crippen LogP contribution in [0.15, 0.2) is 0 Å². The number of urea groups is 1. The molecule has 108 valence electrons. The fraction of sp³-hybridized carbons (Fsp3) is 0.846. The summed E-state index contributed by atoms with van der Waals surface area (Å²) >= 11 is 0. The van der Waals surface area contributed by atoms with Gasteiger partial charge in [0.15, 0.2) is 0 Å². The molecule has 2 fully saturated rings. The summed E-state index contributed by atoms with van der Waals surface area (Å²) in [4.78, 5) is 26.7. The molecule has 0 aromatic carbocycles. The van der Waals surface area contributed by atoms with E-state index in [2.05, 4.69) is 5.32 Å². The molecule has 1 heterocycles. The molecule has 0 spiro atoms. The minimum atomic E-state index is -0.456. The van der Waals surface area contributed by atoms with E-state index in [9.17, 15) is 9.59 Å². The molecule has 2 rings (SSSR count). The molecule has 0 radical (unpaired) electrons. The number of ether oxygens (including phenoxy) is 1. The lowest BCUT2D eigenvalue weighted by Crippen LogP contribution is -2.42. The van der Waals surface area contributed by atoms with Gasteiger partial charge in [-0.25, -0.2) is 9.59 Å². The summed E-state index contributed by atoms with van der Waals surface area (Å²) in [6.07, 6.45) is -0.252. The molecule has 6 heteroatoms. The van der Waals surface area contributed by atoms with E-state index in [1.165, 1.54) is 4.90 Å². The standard InChI is InChI=1S/C13H23N3O3/c1-13(2,3)19-12(18)16-6-8-9(7-16)10(8)14-11(17)15(4)5/h8-10H,6-7H2,1-5H3,(H,14,17)/t8-,9+,10?. The zero-order valence-corrected chi connectivity index (χ0v) is 12.3. The highest BCUT2D eigenvalue weighted by Gasteiger charge is 2.58. The van der Waals surface area contributed by atoms with Crippen LogP contribution in [0.3, 0.4) is 0 Å². The summed E-state index contributed by atoms with van der Waals surface area (Å²) in [7, 11) is 3.45. The van der Waals surface area contributed by atoms with Crippen LogP contribution in [0.4, 0.5) is 9.59 Å². The normalized spacial score (nSPS) is 28.7. The van der Waals surface area contributed by atoms with Crippen molar-refractivity contribution in [2.24, 2.45) is 11.8 Å². The zero-order chi connectivity index (χ0) is 14.4. The van der Waals surface area contributed by atoms with Gasteiger partial charge in [-0.1, -0.05) is 0 Å².